The summed E-state index contributed by atoms with van der Waals surface area (Å²) in [6.07, 6.45) is 0.597. The van der Waals surface area contributed by atoms with Crippen LogP contribution in [-0.4, -0.2) is 30.1 Å². The lowest BCUT2D eigenvalue weighted by molar-refractivity contribution is 0.395. The van der Waals surface area contributed by atoms with Gasteiger partial charge in [0.05, 0.1) is 11.5 Å². The molecule has 0 aromatic carbocycles. The van der Waals surface area contributed by atoms with E-state index in [1.165, 1.54) is 0 Å². The molecule has 1 aromatic heterocycles. The van der Waals surface area contributed by atoms with Gasteiger partial charge >= 0.3 is 4.84 Å². The maximum atomic E-state index is 11.1. The fraction of sp³-hybridized carbons (Fsp3) is 0.667. The monoisotopic (exact) mass is 220 g/mol. The third kappa shape index (κ3) is 1.80. The van der Waals surface area contributed by atoms with Gasteiger partial charge in [0.15, 0.2) is 9.84 Å². The van der Waals surface area contributed by atoms with Gasteiger partial charge < -0.3 is 4.52 Å². The molecule has 0 spiro atoms. The summed E-state index contributed by atoms with van der Waals surface area (Å²) in [6, 6.07) is 0. The van der Waals surface area contributed by atoms with Crippen molar-refractivity contribution in [2.75, 3.05) is 11.5 Å². The SMILES string of the molecule is O=S1(=O)CCC(c2nc(=S)o[nH]2)C1. The largest absolute Gasteiger partial charge is 0.348 e. The Labute approximate surface area is 80.1 Å². The van der Waals surface area contributed by atoms with Gasteiger partial charge in [-0.15, -0.1) is 0 Å². The van der Waals surface area contributed by atoms with Gasteiger partial charge in [-0.2, -0.15) is 4.98 Å². The zero-order valence-corrected chi connectivity index (χ0v) is 8.32. The number of sulfone groups is 1. The Morgan fingerprint density at radius 3 is 2.85 bits per heavy atom. The number of hydrogen-bond donors (Lipinski definition) is 1. The molecule has 0 saturated carbocycles. The van der Waals surface area contributed by atoms with Crippen LogP contribution in [0.4, 0.5) is 0 Å². The Morgan fingerprint density at radius 1 is 1.62 bits per heavy atom. The summed E-state index contributed by atoms with van der Waals surface area (Å²) in [5.74, 6) is 0.840. The molecule has 1 N–H and O–H groups in total. The third-order valence-corrected chi connectivity index (χ3v) is 4.02. The molecule has 1 saturated heterocycles. The van der Waals surface area contributed by atoms with E-state index >= 15 is 0 Å². The molecular formula is C6H8N2O3S2. The lowest BCUT2D eigenvalue weighted by Crippen LogP contribution is -2.04. The Bertz CT molecular complexity index is 458. The van der Waals surface area contributed by atoms with Crippen LogP contribution in [0.15, 0.2) is 4.52 Å². The summed E-state index contributed by atoms with van der Waals surface area (Å²) in [7, 11) is -2.87. The highest BCUT2D eigenvalue weighted by molar-refractivity contribution is 7.91. The van der Waals surface area contributed by atoms with Gasteiger partial charge in [-0.05, 0) is 18.6 Å². The number of hydrogen-bond acceptors (Lipinski definition) is 5. The minimum absolute atomic E-state index is 0.0783. The topological polar surface area (TPSA) is 76.0 Å². The van der Waals surface area contributed by atoms with Crippen LogP contribution in [-0.2, 0) is 9.84 Å². The van der Waals surface area contributed by atoms with Crippen molar-refractivity contribution in [3.63, 3.8) is 0 Å². The second-order valence-corrected chi connectivity index (χ2v) is 5.64. The molecule has 0 aliphatic carbocycles. The highest BCUT2D eigenvalue weighted by Crippen LogP contribution is 2.26. The smallest absolute Gasteiger partial charge is 0.314 e. The Balaban J connectivity index is 2.26. The molecule has 72 valence electrons. The van der Waals surface area contributed by atoms with E-state index in [9.17, 15) is 8.42 Å². The number of aromatic amines is 1. The van der Waals surface area contributed by atoms with Crippen molar-refractivity contribution in [2.45, 2.75) is 12.3 Å². The first-order chi connectivity index (χ1) is 6.07. The van der Waals surface area contributed by atoms with Crippen molar-refractivity contribution in [3.05, 3.63) is 10.7 Å². The van der Waals surface area contributed by atoms with E-state index in [1.54, 1.807) is 0 Å². The quantitative estimate of drug-likeness (QED) is 0.703. The predicted octanol–water partition coefficient (Wildman–Crippen LogP) is 0.634. The van der Waals surface area contributed by atoms with Crippen molar-refractivity contribution >= 4 is 22.1 Å². The molecular weight excluding hydrogens is 212 g/mol. The lowest BCUT2D eigenvalue weighted by atomic mass is 10.1. The lowest BCUT2D eigenvalue weighted by Gasteiger charge is -1.98. The molecule has 1 atom stereocenters. The van der Waals surface area contributed by atoms with Crippen molar-refractivity contribution in [2.24, 2.45) is 0 Å². The highest BCUT2D eigenvalue weighted by Gasteiger charge is 2.31. The molecule has 1 aromatic rings. The first-order valence-electron chi connectivity index (χ1n) is 3.83. The minimum Gasteiger partial charge on any atom is -0.348 e. The second-order valence-electron chi connectivity index (χ2n) is 3.07. The summed E-state index contributed by atoms with van der Waals surface area (Å²) >= 11 is 4.67. The molecule has 1 fully saturated rings. The van der Waals surface area contributed by atoms with E-state index in [2.05, 4.69) is 22.4 Å². The molecule has 1 unspecified atom stereocenters. The number of nitrogens with zero attached hydrogens (tertiary/aromatic N) is 1. The molecule has 2 heterocycles. The minimum atomic E-state index is -2.87. The molecule has 5 nitrogen and oxygen atoms in total. The summed E-state index contributed by atoms with van der Waals surface area (Å²) < 4.78 is 27.0. The zero-order chi connectivity index (χ0) is 9.47. The van der Waals surface area contributed by atoms with Crippen LogP contribution in [0.3, 0.4) is 0 Å². The first-order valence-corrected chi connectivity index (χ1v) is 6.06. The number of rotatable bonds is 1. The van der Waals surface area contributed by atoms with Gasteiger partial charge in [0.25, 0.3) is 0 Å². The average Bonchev–Trinajstić information content (AvgIpc) is 2.56. The van der Waals surface area contributed by atoms with Crippen molar-refractivity contribution < 1.29 is 12.9 Å². The normalized spacial score (nSPS) is 26.3. The highest BCUT2D eigenvalue weighted by atomic mass is 32.2. The summed E-state index contributed by atoms with van der Waals surface area (Å²) in [4.78, 5) is 4.01. The molecule has 7 heteroatoms. The maximum Gasteiger partial charge on any atom is 0.314 e. The summed E-state index contributed by atoms with van der Waals surface area (Å²) in [5, 5.41) is 2.53. The van der Waals surface area contributed by atoms with Gasteiger partial charge in [-0.3, -0.25) is 0 Å². The first kappa shape index (κ1) is 8.89. The van der Waals surface area contributed by atoms with Crippen LogP contribution in [0.2, 0.25) is 0 Å². The van der Waals surface area contributed by atoms with E-state index in [1.807, 2.05) is 0 Å². The fourth-order valence-electron chi connectivity index (χ4n) is 1.43. The molecule has 1 aliphatic rings. The second kappa shape index (κ2) is 2.91. The van der Waals surface area contributed by atoms with Gasteiger partial charge in [-0.25, -0.2) is 13.6 Å². The Hall–Kier alpha value is -0.690. The zero-order valence-electron chi connectivity index (χ0n) is 6.69. The molecule has 2 rings (SSSR count). The molecule has 1 aliphatic heterocycles. The van der Waals surface area contributed by atoms with Crippen molar-refractivity contribution in [1.29, 1.82) is 0 Å². The van der Waals surface area contributed by atoms with E-state index in [0.717, 1.165) is 0 Å². The Morgan fingerprint density at radius 2 is 2.38 bits per heavy atom. The van der Waals surface area contributed by atoms with Gasteiger partial charge in [0.2, 0.25) is 0 Å². The van der Waals surface area contributed by atoms with E-state index in [0.29, 0.717) is 12.2 Å². The van der Waals surface area contributed by atoms with Crippen molar-refractivity contribution in [1.82, 2.24) is 10.1 Å². The molecule has 0 bridgehead atoms. The van der Waals surface area contributed by atoms with Crippen LogP contribution in [0, 0.1) is 4.84 Å². The molecule has 0 amide bonds. The van der Waals surface area contributed by atoms with E-state index in [-0.39, 0.29) is 22.3 Å². The van der Waals surface area contributed by atoms with Crippen LogP contribution in [0.25, 0.3) is 0 Å². The van der Waals surface area contributed by atoms with Crippen LogP contribution in [0.5, 0.6) is 0 Å². The van der Waals surface area contributed by atoms with Crippen LogP contribution >= 0.6 is 12.2 Å². The summed E-state index contributed by atoms with van der Waals surface area (Å²) in [5.41, 5.74) is 0. The van der Waals surface area contributed by atoms with Crippen LogP contribution in [0.1, 0.15) is 18.2 Å². The number of aromatic nitrogens is 2. The number of nitrogens with one attached hydrogen (secondary N) is 1. The van der Waals surface area contributed by atoms with Crippen molar-refractivity contribution in [3.8, 4) is 0 Å². The number of H-pyrrole nitrogens is 1. The van der Waals surface area contributed by atoms with E-state index in [4.69, 9.17) is 4.52 Å². The predicted molar refractivity (Wildman–Crippen MR) is 47.7 cm³/mol. The average molecular weight is 220 g/mol. The third-order valence-electron chi connectivity index (χ3n) is 2.07. The van der Waals surface area contributed by atoms with Gasteiger partial charge in [0.1, 0.15) is 5.82 Å². The van der Waals surface area contributed by atoms with E-state index < -0.39 is 9.84 Å². The molecule has 0 radical (unpaired) electrons. The fourth-order valence-corrected chi connectivity index (χ4v) is 3.31. The molecule has 13 heavy (non-hydrogen) atoms. The maximum absolute atomic E-state index is 11.1. The summed E-state index contributed by atoms with van der Waals surface area (Å²) in [6.45, 7) is 0. The Kier molecular flexibility index (Phi) is 1.99. The van der Waals surface area contributed by atoms with Gasteiger partial charge in [-0.1, -0.05) is 0 Å². The standard InChI is InChI=1S/C6H8N2O3S2/c9-13(10)2-1-4(3-13)5-7-6(12)11-8-5/h4H,1-3H2,(H,7,8,12). The van der Waals surface area contributed by atoms with Gasteiger partial charge in [0, 0.05) is 5.92 Å². The van der Waals surface area contributed by atoms with Crippen LogP contribution < -0.4 is 0 Å².